The summed E-state index contributed by atoms with van der Waals surface area (Å²) in [6, 6.07) is -0.769. The molecule has 0 aromatic carbocycles. The van der Waals surface area contributed by atoms with Gasteiger partial charge in [0.05, 0.1) is 6.54 Å². The molecule has 0 spiro atoms. The van der Waals surface area contributed by atoms with Crippen molar-refractivity contribution < 1.29 is 19.8 Å². The van der Waals surface area contributed by atoms with Crippen LogP contribution in [0.25, 0.3) is 0 Å². The van der Waals surface area contributed by atoms with Gasteiger partial charge < -0.3 is 10.2 Å². The zero-order valence-corrected chi connectivity index (χ0v) is 15.3. The first-order chi connectivity index (χ1) is 12.1. The lowest BCUT2D eigenvalue weighted by Crippen LogP contribution is -2.39. The molecule has 0 radical (unpaired) electrons. The van der Waals surface area contributed by atoms with E-state index in [4.69, 9.17) is 10.2 Å². The maximum Gasteiger partial charge on any atom is 0.320 e. The van der Waals surface area contributed by atoms with Gasteiger partial charge in [0.1, 0.15) is 6.04 Å². The van der Waals surface area contributed by atoms with E-state index in [1.807, 2.05) is 0 Å². The van der Waals surface area contributed by atoms with E-state index >= 15 is 0 Å². The average Bonchev–Trinajstić information content (AvgIpc) is 2.57. The van der Waals surface area contributed by atoms with Crippen LogP contribution < -0.4 is 5.32 Å². The number of rotatable bonds is 16. The average molecular weight is 351 g/mol. The summed E-state index contributed by atoms with van der Waals surface area (Å²) >= 11 is 0. The molecule has 0 bridgehead atoms. The molecular weight excluding hydrogens is 318 g/mol. The smallest absolute Gasteiger partial charge is 0.320 e. The van der Waals surface area contributed by atoms with Crippen LogP contribution in [-0.2, 0) is 9.59 Å². The van der Waals surface area contributed by atoms with Crippen molar-refractivity contribution in [2.75, 3.05) is 6.54 Å². The Kier molecular flexibility index (Phi) is 15.7. The molecule has 142 valence electrons. The number of allylic oxidation sites excluding steroid dienone is 6. The largest absolute Gasteiger partial charge is 0.480 e. The number of nitrogens with one attached hydrogen (secondary N) is 1. The highest BCUT2D eigenvalue weighted by Gasteiger charge is 2.16. The third-order valence-electron chi connectivity index (χ3n) is 3.69. The van der Waals surface area contributed by atoms with Crippen molar-refractivity contribution in [2.24, 2.45) is 0 Å². The van der Waals surface area contributed by atoms with Crippen LogP contribution in [0.2, 0.25) is 0 Å². The Balaban J connectivity index is 3.58. The first-order valence-electron chi connectivity index (χ1n) is 9.20. The van der Waals surface area contributed by atoms with E-state index in [0.717, 1.165) is 51.4 Å². The molecule has 0 amide bonds. The predicted octanol–water partition coefficient (Wildman–Crippen LogP) is 4.31. The summed E-state index contributed by atoms with van der Waals surface area (Å²) in [4.78, 5) is 21.5. The van der Waals surface area contributed by atoms with Gasteiger partial charge in [0.25, 0.3) is 0 Å². The van der Waals surface area contributed by atoms with Crippen molar-refractivity contribution in [1.82, 2.24) is 5.32 Å². The highest BCUT2D eigenvalue weighted by Crippen LogP contribution is 2.08. The summed E-state index contributed by atoms with van der Waals surface area (Å²) in [5.41, 5.74) is 0. The molecule has 0 heterocycles. The van der Waals surface area contributed by atoms with E-state index in [9.17, 15) is 9.59 Å². The first kappa shape index (κ1) is 23.1. The van der Waals surface area contributed by atoms with Crippen LogP contribution in [0.15, 0.2) is 36.5 Å². The number of aliphatic carboxylic acids is 2. The van der Waals surface area contributed by atoms with Gasteiger partial charge in [-0.05, 0) is 38.5 Å². The second-order valence-electron chi connectivity index (χ2n) is 5.95. The second kappa shape index (κ2) is 17.0. The van der Waals surface area contributed by atoms with Gasteiger partial charge >= 0.3 is 11.9 Å². The second-order valence-corrected chi connectivity index (χ2v) is 5.95. The SMILES string of the molecule is CCC=CCC=CCC=CCCCCCCC(NCC(=O)O)C(=O)O. The summed E-state index contributed by atoms with van der Waals surface area (Å²) in [7, 11) is 0. The van der Waals surface area contributed by atoms with Gasteiger partial charge in [0.15, 0.2) is 0 Å². The van der Waals surface area contributed by atoms with E-state index in [2.05, 4.69) is 48.7 Å². The molecule has 25 heavy (non-hydrogen) atoms. The highest BCUT2D eigenvalue weighted by molar-refractivity contribution is 5.75. The number of unbranched alkanes of at least 4 members (excludes halogenated alkanes) is 4. The molecule has 1 unspecified atom stereocenters. The van der Waals surface area contributed by atoms with Crippen molar-refractivity contribution >= 4 is 11.9 Å². The number of carboxylic acid groups (broad SMARTS) is 2. The lowest BCUT2D eigenvalue weighted by Gasteiger charge is -2.12. The van der Waals surface area contributed by atoms with E-state index in [1.54, 1.807) is 0 Å². The topological polar surface area (TPSA) is 86.6 Å². The van der Waals surface area contributed by atoms with Crippen LogP contribution in [-0.4, -0.2) is 34.7 Å². The van der Waals surface area contributed by atoms with E-state index in [1.165, 1.54) is 0 Å². The quantitative estimate of drug-likeness (QED) is 0.285. The number of hydrogen-bond acceptors (Lipinski definition) is 3. The molecule has 1 atom stereocenters. The highest BCUT2D eigenvalue weighted by atomic mass is 16.4. The molecule has 5 heteroatoms. The Morgan fingerprint density at radius 1 is 0.880 bits per heavy atom. The van der Waals surface area contributed by atoms with Gasteiger partial charge in [0, 0.05) is 0 Å². The van der Waals surface area contributed by atoms with Gasteiger partial charge in [-0.3, -0.25) is 14.9 Å². The standard InChI is InChI=1S/C20H33NO4/c1-2-3-4-5-6-7-8-9-10-11-12-13-14-15-16-18(20(24)25)21-17-19(22)23/h3-4,6-7,9-10,18,21H,2,5,8,11-17H2,1H3,(H,22,23)(H,24,25). The summed E-state index contributed by atoms with van der Waals surface area (Å²) in [5.74, 6) is -2.02. The Labute approximate surface area is 151 Å². The number of carbonyl (C=O) groups is 2. The van der Waals surface area contributed by atoms with Crippen LogP contribution in [0.5, 0.6) is 0 Å². The van der Waals surface area contributed by atoms with E-state index in [-0.39, 0.29) is 6.54 Å². The van der Waals surface area contributed by atoms with Gasteiger partial charge in [-0.15, -0.1) is 0 Å². The van der Waals surface area contributed by atoms with Crippen LogP contribution >= 0.6 is 0 Å². The molecule has 0 rings (SSSR count). The van der Waals surface area contributed by atoms with Crippen LogP contribution in [0.4, 0.5) is 0 Å². The van der Waals surface area contributed by atoms with Crippen molar-refractivity contribution in [3.05, 3.63) is 36.5 Å². The molecule has 0 fully saturated rings. The summed E-state index contributed by atoms with van der Waals surface area (Å²) < 4.78 is 0. The monoisotopic (exact) mass is 351 g/mol. The van der Waals surface area contributed by atoms with Gasteiger partial charge in [-0.2, -0.15) is 0 Å². The summed E-state index contributed by atoms with van der Waals surface area (Å²) in [6.07, 6.45) is 21.5. The van der Waals surface area contributed by atoms with E-state index in [0.29, 0.717) is 6.42 Å². The third-order valence-corrected chi connectivity index (χ3v) is 3.69. The minimum atomic E-state index is -1.04. The maximum atomic E-state index is 11.0. The third kappa shape index (κ3) is 16.8. The Hall–Kier alpha value is -1.88. The van der Waals surface area contributed by atoms with Gasteiger partial charge in [-0.1, -0.05) is 62.6 Å². The fourth-order valence-electron chi connectivity index (χ4n) is 2.31. The molecule has 3 N–H and O–H groups in total. The van der Waals surface area contributed by atoms with Crippen molar-refractivity contribution in [1.29, 1.82) is 0 Å². The summed E-state index contributed by atoms with van der Waals surface area (Å²) in [6.45, 7) is 1.81. The predicted molar refractivity (Wildman–Crippen MR) is 102 cm³/mol. The number of carboxylic acids is 2. The fraction of sp³-hybridized carbons (Fsp3) is 0.600. The fourth-order valence-corrected chi connectivity index (χ4v) is 2.31. The molecule has 5 nitrogen and oxygen atoms in total. The first-order valence-corrected chi connectivity index (χ1v) is 9.20. The van der Waals surface area contributed by atoms with Crippen molar-refractivity contribution in [2.45, 2.75) is 70.8 Å². The Morgan fingerprint density at radius 3 is 2.08 bits per heavy atom. The Bertz CT molecular complexity index is 441. The van der Waals surface area contributed by atoms with Crippen LogP contribution in [0, 0.1) is 0 Å². The molecule has 0 aliphatic carbocycles. The van der Waals surface area contributed by atoms with E-state index < -0.39 is 18.0 Å². The molecule has 0 aromatic rings. The zero-order valence-electron chi connectivity index (χ0n) is 15.3. The molecule has 0 aliphatic heterocycles. The van der Waals surface area contributed by atoms with Crippen LogP contribution in [0.3, 0.4) is 0 Å². The molecule has 0 aliphatic rings. The van der Waals surface area contributed by atoms with Crippen LogP contribution in [0.1, 0.15) is 64.7 Å². The van der Waals surface area contributed by atoms with Crippen molar-refractivity contribution in [3.63, 3.8) is 0 Å². The molecule has 0 saturated heterocycles. The molecule has 0 aromatic heterocycles. The zero-order chi connectivity index (χ0) is 18.8. The minimum absolute atomic E-state index is 0.314. The molecule has 0 saturated carbocycles. The lowest BCUT2D eigenvalue weighted by atomic mass is 10.1. The van der Waals surface area contributed by atoms with Gasteiger partial charge in [0.2, 0.25) is 0 Å². The maximum absolute atomic E-state index is 11.0. The normalized spacial score (nSPS) is 13.2. The lowest BCUT2D eigenvalue weighted by molar-refractivity contribution is -0.140. The minimum Gasteiger partial charge on any atom is -0.480 e. The van der Waals surface area contributed by atoms with Gasteiger partial charge in [-0.25, -0.2) is 0 Å². The Morgan fingerprint density at radius 2 is 1.48 bits per heavy atom. The number of hydrogen-bond donors (Lipinski definition) is 3. The summed E-state index contributed by atoms with van der Waals surface area (Å²) in [5, 5.41) is 20.1. The van der Waals surface area contributed by atoms with Crippen molar-refractivity contribution in [3.8, 4) is 0 Å². The molecular formula is C20H33NO4.